The zero-order valence-electron chi connectivity index (χ0n) is 14.9. The maximum atomic E-state index is 12.7. The van der Waals surface area contributed by atoms with Crippen molar-refractivity contribution in [3.63, 3.8) is 0 Å². The molecule has 27 heavy (non-hydrogen) atoms. The highest BCUT2D eigenvalue weighted by Crippen LogP contribution is 2.31. The molecule has 0 spiro atoms. The molecule has 0 saturated heterocycles. The molecule has 3 aromatic carbocycles. The minimum atomic E-state index is -0.131. The van der Waals surface area contributed by atoms with Crippen LogP contribution in [0.15, 0.2) is 65.1 Å². The molecule has 4 aromatic rings. The highest BCUT2D eigenvalue weighted by atomic mass is 127. The number of anilines is 1. The summed E-state index contributed by atoms with van der Waals surface area (Å²) in [4.78, 5) is 17.3. The summed E-state index contributed by atoms with van der Waals surface area (Å²) in [6.45, 7) is 3.99. The van der Waals surface area contributed by atoms with Crippen LogP contribution in [0.4, 0.5) is 5.69 Å². The Morgan fingerprint density at radius 2 is 1.85 bits per heavy atom. The lowest BCUT2D eigenvalue weighted by molar-refractivity contribution is 0.102. The number of carbonyl (C=O) groups is 1. The van der Waals surface area contributed by atoms with E-state index in [1.165, 1.54) is 0 Å². The lowest BCUT2D eigenvalue weighted by Gasteiger charge is -2.11. The van der Waals surface area contributed by atoms with Crippen LogP contribution in [0.5, 0.6) is 0 Å². The van der Waals surface area contributed by atoms with Crippen LogP contribution >= 0.6 is 22.6 Å². The van der Waals surface area contributed by atoms with Gasteiger partial charge in [0.1, 0.15) is 5.52 Å². The number of aryl methyl sites for hydroxylation is 1. The molecule has 0 aliphatic carbocycles. The largest absolute Gasteiger partial charge is 0.436 e. The molecule has 0 aliphatic rings. The molecular weight excluding hydrogens is 451 g/mol. The summed E-state index contributed by atoms with van der Waals surface area (Å²) < 4.78 is 6.84. The van der Waals surface area contributed by atoms with Crippen LogP contribution in [-0.2, 0) is 0 Å². The van der Waals surface area contributed by atoms with Crippen LogP contribution in [-0.4, -0.2) is 10.9 Å². The second-order valence-corrected chi connectivity index (χ2v) is 7.56. The molecule has 4 rings (SSSR count). The summed E-state index contributed by atoms with van der Waals surface area (Å²) in [5.74, 6) is 0.423. The molecule has 1 amide bonds. The summed E-state index contributed by atoms with van der Waals surface area (Å²) in [5, 5.41) is 3.01. The maximum absolute atomic E-state index is 12.7. The Balaban J connectivity index is 1.70. The zero-order valence-corrected chi connectivity index (χ0v) is 17.1. The first-order valence-electron chi connectivity index (χ1n) is 8.56. The Morgan fingerprint density at radius 1 is 1.04 bits per heavy atom. The number of carbonyl (C=O) groups excluding carboxylic acids is 1. The van der Waals surface area contributed by atoms with Gasteiger partial charge < -0.3 is 9.73 Å². The molecule has 4 nitrogen and oxygen atoms in total. The molecule has 1 N–H and O–H groups in total. The van der Waals surface area contributed by atoms with Gasteiger partial charge in [-0.25, -0.2) is 4.98 Å². The van der Waals surface area contributed by atoms with Crippen LogP contribution < -0.4 is 5.32 Å². The molecule has 0 bridgehead atoms. The Labute approximate surface area is 170 Å². The first-order chi connectivity index (χ1) is 13.0. The van der Waals surface area contributed by atoms with E-state index in [4.69, 9.17) is 4.42 Å². The van der Waals surface area contributed by atoms with Crippen molar-refractivity contribution >= 4 is 45.3 Å². The molecule has 5 heteroatoms. The Hall–Kier alpha value is -2.67. The zero-order chi connectivity index (χ0) is 19.0. The number of rotatable bonds is 3. The number of aromatic nitrogens is 1. The molecule has 0 saturated carbocycles. The second-order valence-electron chi connectivity index (χ2n) is 6.40. The molecule has 0 unspecified atom stereocenters. The number of halogens is 1. The smallest absolute Gasteiger partial charge is 0.256 e. The average molecular weight is 468 g/mol. The van der Waals surface area contributed by atoms with Crippen LogP contribution in [0.25, 0.3) is 22.6 Å². The third kappa shape index (κ3) is 3.47. The van der Waals surface area contributed by atoms with Gasteiger partial charge in [-0.2, -0.15) is 0 Å². The number of oxazole rings is 1. The van der Waals surface area contributed by atoms with E-state index < -0.39 is 0 Å². The molecule has 1 heterocycles. The van der Waals surface area contributed by atoms with Crippen molar-refractivity contribution in [2.24, 2.45) is 0 Å². The van der Waals surface area contributed by atoms with Crippen LogP contribution in [0.1, 0.15) is 21.5 Å². The lowest BCUT2D eigenvalue weighted by Crippen LogP contribution is -2.14. The molecule has 0 atom stereocenters. The van der Waals surface area contributed by atoms with E-state index in [2.05, 4.69) is 32.9 Å². The van der Waals surface area contributed by atoms with E-state index in [-0.39, 0.29) is 5.91 Å². The van der Waals surface area contributed by atoms with Crippen LogP contribution in [0.2, 0.25) is 0 Å². The van der Waals surface area contributed by atoms with Gasteiger partial charge in [-0.3, -0.25) is 4.79 Å². The summed E-state index contributed by atoms with van der Waals surface area (Å²) >= 11 is 2.17. The first-order valence-corrected chi connectivity index (χ1v) is 9.64. The van der Waals surface area contributed by atoms with Gasteiger partial charge in [-0.1, -0.05) is 24.3 Å². The van der Waals surface area contributed by atoms with Crippen LogP contribution in [0.3, 0.4) is 0 Å². The summed E-state index contributed by atoms with van der Waals surface area (Å²) in [6, 6.07) is 19.2. The van der Waals surface area contributed by atoms with E-state index in [9.17, 15) is 4.79 Å². The Morgan fingerprint density at radius 3 is 2.67 bits per heavy atom. The topological polar surface area (TPSA) is 55.1 Å². The minimum absolute atomic E-state index is 0.131. The van der Waals surface area contributed by atoms with Crippen LogP contribution in [0, 0.1) is 17.4 Å². The summed E-state index contributed by atoms with van der Waals surface area (Å²) in [5.41, 5.74) is 5.90. The predicted molar refractivity (Wildman–Crippen MR) is 116 cm³/mol. The van der Waals surface area contributed by atoms with E-state index in [0.29, 0.717) is 11.5 Å². The molecule has 0 radical (unpaired) electrons. The molecule has 1 aromatic heterocycles. The predicted octanol–water partition coefficient (Wildman–Crippen LogP) is 5.97. The fraction of sp³-hybridized carbons (Fsp3) is 0.0909. The first kappa shape index (κ1) is 17.7. The van der Waals surface area contributed by atoms with Crippen molar-refractivity contribution in [3.05, 3.63) is 80.9 Å². The van der Waals surface area contributed by atoms with E-state index >= 15 is 0 Å². The van der Waals surface area contributed by atoms with E-state index in [1.54, 1.807) is 0 Å². The molecular formula is C22H17IN2O2. The van der Waals surface area contributed by atoms with Gasteiger partial charge in [0, 0.05) is 14.8 Å². The minimum Gasteiger partial charge on any atom is -0.436 e. The highest BCUT2D eigenvalue weighted by molar-refractivity contribution is 14.1. The van der Waals surface area contributed by atoms with Gasteiger partial charge in [0.25, 0.3) is 5.91 Å². The van der Waals surface area contributed by atoms with Crippen molar-refractivity contribution in [1.82, 2.24) is 4.98 Å². The second kappa shape index (κ2) is 7.15. The number of fused-ring (bicyclic) bond motifs is 1. The van der Waals surface area contributed by atoms with Gasteiger partial charge in [-0.05, 0) is 84.0 Å². The van der Waals surface area contributed by atoms with Gasteiger partial charge in [-0.15, -0.1) is 0 Å². The number of nitrogens with zero attached hydrogens (tertiary/aromatic N) is 1. The maximum Gasteiger partial charge on any atom is 0.256 e. The third-order valence-corrected chi connectivity index (χ3v) is 5.41. The van der Waals surface area contributed by atoms with Gasteiger partial charge >= 0.3 is 0 Å². The SMILES string of the molecule is Cc1ccc2oc(-c3cccc(NC(=O)c4ccccc4I)c3C)nc2c1. The quantitative estimate of drug-likeness (QED) is 0.377. The molecule has 0 fully saturated rings. The van der Waals surface area contributed by atoms with Gasteiger partial charge in [0.05, 0.1) is 5.56 Å². The molecule has 134 valence electrons. The van der Waals surface area contributed by atoms with Crippen molar-refractivity contribution in [2.75, 3.05) is 5.32 Å². The summed E-state index contributed by atoms with van der Waals surface area (Å²) in [7, 11) is 0. The number of benzene rings is 3. The number of amides is 1. The van der Waals surface area contributed by atoms with Crippen molar-refractivity contribution in [2.45, 2.75) is 13.8 Å². The Kier molecular flexibility index (Phi) is 4.70. The van der Waals surface area contributed by atoms with Crippen molar-refractivity contribution < 1.29 is 9.21 Å². The van der Waals surface area contributed by atoms with Crippen molar-refractivity contribution in [1.29, 1.82) is 0 Å². The monoisotopic (exact) mass is 468 g/mol. The Bertz CT molecular complexity index is 1160. The highest BCUT2D eigenvalue weighted by Gasteiger charge is 2.15. The van der Waals surface area contributed by atoms with Gasteiger partial charge in [0.2, 0.25) is 5.89 Å². The number of nitrogens with one attached hydrogen (secondary N) is 1. The van der Waals surface area contributed by atoms with Gasteiger partial charge in [0.15, 0.2) is 5.58 Å². The average Bonchev–Trinajstić information content (AvgIpc) is 3.06. The fourth-order valence-electron chi connectivity index (χ4n) is 2.99. The fourth-order valence-corrected chi connectivity index (χ4v) is 3.62. The standard InChI is InChI=1S/C22H17IN2O2/c1-13-10-11-20-19(12-13)25-22(27-20)15-7-5-9-18(14(15)2)24-21(26)16-6-3-4-8-17(16)23/h3-12H,1-2H3,(H,24,26). The van der Waals surface area contributed by atoms with E-state index in [0.717, 1.165) is 37.0 Å². The normalized spacial score (nSPS) is 10.9. The van der Waals surface area contributed by atoms with Crippen molar-refractivity contribution in [3.8, 4) is 11.5 Å². The molecule has 0 aliphatic heterocycles. The summed E-state index contributed by atoms with van der Waals surface area (Å²) in [6.07, 6.45) is 0. The number of hydrogen-bond acceptors (Lipinski definition) is 3. The number of hydrogen-bond donors (Lipinski definition) is 1. The lowest BCUT2D eigenvalue weighted by atomic mass is 10.1. The van der Waals surface area contributed by atoms with E-state index in [1.807, 2.05) is 74.5 Å². The third-order valence-electron chi connectivity index (χ3n) is 4.47.